The van der Waals surface area contributed by atoms with Crippen LogP contribution >= 0.6 is 46.4 Å². The highest BCUT2D eigenvalue weighted by Gasteiger charge is 2.34. The number of carbonyl (C=O) groups is 2. The van der Waals surface area contributed by atoms with Gasteiger partial charge in [0.05, 0.1) is 10.7 Å². The lowest BCUT2D eigenvalue weighted by molar-refractivity contribution is 0.0988. The van der Waals surface area contributed by atoms with Crippen LogP contribution in [0.15, 0.2) is 36.5 Å². The van der Waals surface area contributed by atoms with Gasteiger partial charge in [-0.1, -0.05) is 58.5 Å². The van der Waals surface area contributed by atoms with E-state index in [2.05, 4.69) is 0 Å². The van der Waals surface area contributed by atoms with E-state index in [4.69, 9.17) is 46.4 Å². The van der Waals surface area contributed by atoms with Gasteiger partial charge in [-0.2, -0.15) is 0 Å². The molecule has 0 aliphatic heterocycles. The predicted octanol–water partition coefficient (Wildman–Crippen LogP) is 4.46. The molecule has 1 aromatic heterocycles. The summed E-state index contributed by atoms with van der Waals surface area (Å²) >= 11 is 22.7. The summed E-state index contributed by atoms with van der Waals surface area (Å²) in [6, 6.07) is 8.03. The Balaban J connectivity index is 2.42. The third-order valence-electron chi connectivity index (χ3n) is 2.88. The van der Waals surface area contributed by atoms with E-state index in [1.807, 2.05) is 0 Å². The summed E-state index contributed by atoms with van der Waals surface area (Å²) in [5.74, 6) is -1.01. The van der Waals surface area contributed by atoms with Gasteiger partial charge in [0, 0.05) is 24.4 Å². The van der Waals surface area contributed by atoms with Gasteiger partial charge in [0.1, 0.15) is 0 Å². The monoisotopic (exact) mass is 363 g/mol. The Morgan fingerprint density at radius 1 is 1.14 bits per heavy atom. The van der Waals surface area contributed by atoms with E-state index in [9.17, 15) is 9.59 Å². The fourth-order valence-corrected chi connectivity index (χ4v) is 2.37. The molecule has 1 aromatic carbocycles. The van der Waals surface area contributed by atoms with Crippen molar-refractivity contribution < 1.29 is 9.59 Å². The molecule has 0 radical (unpaired) electrons. The summed E-state index contributed by atoms with van der Waals surface area (Å²) in [5, 5.41) is 0.334. The summed E-state index contributed by atoms with van der Waals surface area (Å²) in [5.41, 5.74) is 0.770. The Morgan fingerprint density at radius 2 is 1.76 bits per heavy atom. The van der Waals surface area contributed by atoms with Crippen molar-refractivity contribution in [1.82, 2.24) is 4.57 Å². The number of aryl methyl sites for hydroxylation is 1. The van der Waals surface area contributed by atoms with E-state index in [0.717, 1.165) is 0 Å². The Bertz CT molecular complexity index is 716. The van der Waals surface area contributed by atoms with Crippen LogP contribution in [0.1, 0.15) is 26.4 Å². The number of halogens is 4. The average molecular weight is 365 g/mol. The smallest absolute Gasteiger partial charge is 0.255 e. The number of ketones is 2. The molecule has 0 bridgehead atoms. The van der Waals surface area contributed by atoms with E-state index < -0.39 is 9.58 Å². The third-order valence-corrected chi connectivity index (χ3v) is 3.72. The molecule has 3 nitrogen and oxygen atoms in total. The zero-order valence-electron chi connectivity index (χ0n) is 10.7. The minimum Gasteiger partial charge on any atom is -0.347 e. The fourth-order valence-electron chi connectivity index (χ4n) is 1.86. The Hall–Kier alpha value is -1.000. The molecule has 1 heterocycles. The Kier molecular flexibility index (Phi) is 4.69. The summed E-state index contributed by atoms with van der Waals surface area (Å²) < 4.78 is -0.634. The molecule has 0 N–H and O–H groups in total. The standard InChI is InChI=1S/C14H9Cl4NO2/c1-19-7-8(6-11(19)13(21)14(16,17)18)12(20)9-4-2-3-5-10(9)15/h2-7H,1H3. The normalized spacial score (nSPS) is 11.5. The number of benzene rings is 1. The first-order valence-electron chi connectivity index (χ1n) is 5.79. The molecule has 0 saturated carbocycles. The van der Waals surface area contributed by atoms with E-state index >= 15 is 0 Å². The predicted molar refractivity (Wildman–Crippen MR) is 84.9 cm³/mol. The highest BCUT2D eigenvalue weighted by Crippen LogP contribution is 2.31. The largest absolute Gasteiger partial charge is 0.347 e. The maximum atomic E-state index is 12.4. The average Bonchev–Trinajstić information content (AvgIpc) is 2.78. The van der Waals surface area contributed by atoms with E-state index in [1.54, 1.807) is 31.3 Å². The van der Waals surface area contributed by atoms with Crippen LogP contribution < -0.4 is 0 Å². The lowest BCUT2D eigenvalue weighted by Crippen LogP contribution is -2.21. The minimum atomic E-state index is -2.07. The summed E-state index contributed by atoms with van der Waals surface area (Å²) in [7, 11) is 1.59. The highest BCUT2D eigenvalue weighted by molar-refractivity contribution is 6.77. The molecular formula is C14H9Cl4NO2. The molecule has 2 aromatic rings. The van der Waals surface area contributed by atoms with Crippen LogP contribution in [0.25, 0.3) is 0 Å². The van der Waals surface area contributed by atoms with Crippen LogP contribution in [0, 0.1) is 0 Å². The maximum absolute atomic E-state index is 12.4. The zero-order valence-corrected chi connectivity index (χ0v) is 13.8. The van der Waals surface area contributed by atoms with Gasteiger partial charge in [0.15, 0.2) is 5.78 Å². The van der Waals surface area contributed by atoms with Gasteiger partial charge in [-0.05, 0) is 18.2 Å². The molecule has 2 rings (SSSR count). The zero-order chi connectivity index (χ0) is 15.8. The molecule has 0 fully saturated rings. The molecule has 0 atom stereocenters. The van der Waals surface area contributed by atoms with Crippen molar-refractivity contribution in [3.8, 4) is 0 Å². The van der Waals surface area contributed by atoms with E-state index in [-0.39, 0.29) is 11.5 Å². The lowest BCUT2D eigenvalue weighted by Gasteiger charge is -2.09. The number of carbonyl (C=O) groups excluding carboxylic acids is 2. The summed E-state index contributed by atoms with van der Waals surface area (Å²) in [6.07, 6.45) is 1.50. The van der Waals surface area contributed by atoms with Crippen molar-refractivity contribution in [2.24, 2.45) is 7.05 Å². The first kappa shape index (κ1) is 16.4. The van der Waals surface area contributed by atoms with Gasteiger partial charge in [-0.3, -0.25) is 9.59 Å². The van der Waals surface area contributed by atoms with Crippen molar-refractivity contribution in [1.29, 1.82) is 0 Å². The second-order valence-electron chi connectivity index (χ2n) is 4.36. The van der Waals surface area contributed by atoms with Crippen molar-refractivity contribution >= 4 is 58.0 Å². The summed E-state index contributed by atoms with van der Waals surface area (Å²) in [6.45, 7) is 0. The van der Waals surface area contributed by atoms with Crippen molar-refractivity contribution in [2.75, 3.05) is 0 Å². The SMILES string of the molecule is Cn1cc(C(=O)c2ccccc2Cl)cc1C(=O)C(Cl)(Cl)Cl. The fraction of sp³-hybridized carbons (Fsp3) is 0.143. The molecule has 0 aliphatic rings. The molecule has 7 heteroatoms. The molecule has 110 valence electrons. The van der Waals surface area contributed by atoms with E-state index in [0.29, 0.717) is 16.1 Å². The second-order valence-corrected chi connectivity index (χ2v) is 7.05. The van der Waals surface area contributed by atoms with E-state index in [1.165, 1.54) is 16.8 Å². The third kappa shape index (κ3) is 3.43. The molecule has 21 heavy (non-hydrogen) atoms. The minimum absolute atomic E-state index is 0.130. The highest BCUT2D eigenvalue weighted by atomic mass is 35.6. The lowest BCUT2D eigenvalue weighted by atomic mass is 10.1. The van der Waals surface area contributed by atoms with Crippen LogP contribution in [0.4, 0.5) is 0 Å². The molecular weight excluding hydrogens is 356 g/mol. The Morgan fingerprint density at radius 3 is 2.33 bits per heavy atom. The first-order valence-corrected chi connectivity index (χ1v) is 7.30. The topological polar surface area (TPSA) is 39.1 Å². The van der Waals surface area contributed by atoms with Crippen molar-refractivity contribution in [2.45, 2.75) is 3.79 Å². The number of nitrogens with zero attached hydrogens (tertiary/aromatic N) is 1. The van der Waals surface area contributed by atoms with Crippen LogP contribution in [0.2, 0.25) is 5.02 Å². The molecule has 0 unspecified atom stereocenters. The van der Waals surface area contributed by atoms with Gasteiger partial charge in [0.2, 0.25) is 5.78 Å². The van der Waals surface area contributed by atoms with Gasteiger partial charge >= 0.3 is 0 Å². The maximum Gasteiger partial charge on any atom is 0.255 e. The second kappa shape index (κ2) is 6.01. The first-order chi connectivity index (χ1) is 9.71. The quantitative estimate of drug-likeness (QED) is 0.595. The van der Waals surface area contributed by atoms with Crippen LogP contribution in [0.5, 0.6) is 0 Å². The number of hydrogen-bond acceptors (Lipinski definition) is 2. The molecule has 0 spiro atoms. The summed E-state index contributed by atoms with van der Waals surface area (Å²) in [4.78, 5) is 24.4. The molecule has 0 aliphatic carbocycles. The van der Waals surface area contributed by atoms with Gasteiger partial charge in [0.25, 0.3) is 3.79 Å². The van der Waals surface area contributed by atoms with Crippen LogP contribution in [0.3, 0.4) is 0 Å². The van der Waals surface area contributed by atoms with Gasteiger partial charge in [-0.15, -0.1) is 0 Å². The van der Waals surface area contributed by atoms with Crippen molar-refractivity contribution in [3.63, 3.8) is 0 Å². The Labute approximate surface area is 141 Å². The number of rotatable bonds is 3. The number of aromatic nitrogens is 1. The van der Waals surface area contributed by atoms with Crippen molar-refractivity contribution in [3.05, 3.63) is 58.4 Å². The number of alkyl halides is 3. The van der Waals surface area contributed by atoms with Gasteiger partial charge in [-0.25, -0.2) is 0 Å². The number of hydrogen-bond donors (Lipinski definition) is 0. The van der Waals surface area contributed by atoms with Crippen LogP contribution in [-0.2, 0) is 7.05 Å². The molecule has 0 saturated heterocycles. The number of Topliss-reactive ketones (excluding diaryl/α,β-unsaturated/α-hetero) is 1. The van der Waals surface area contributed by atoms with Crippen LogP contribution in [-0.4, -0.2) is 19.9 Å². The molecule has 0 amide bonds. The van der Waals surface area contributed by atoms with Gasteiger partial charge < -0.3 is 4.57 Å².